The second-order valence-electron chi connectivity index (χ2n) is 4.19. The largest absolute Gasteiger partial charge is 0.494 e. The number of nitro groups is 1. The SMILES string of the molecule is CCOc1ccc(N/C=C/C(=O)c2ccco2)c([N+](=O)[O-])c1. The first kappa shape index (κ1) is 15.3. The summed E-state index contributed by atoms with van der Waals surface area (Å²) in [5.41, 5.74) is 0.123. The first-order chi connectivity index (χ1) is 10.6. The third-order valence-corrected chi connectivity index (χ3v) is 2.71. The Morgan fingerprint density at radius 1 is 1.45 bits per heavy atom. The van der Waals surface area contributed by atoms with Crippen LogP contribution in [0.25, 0.3) is 0 Å². The number of nitro benzene ring substituents is 1. The zero-order chi connectivity index (χ0) is 15.9. The molecule has 0 atom stereocenters. The lowest BCUT2D eigenvalue weighted by molar-refractivity contribution is -0.384. The van der Waals surface area contributed by atoms with Crippen molar-refractivity contribution in [2.45, 2.75) is 6.92 Å². The molecule has 0 aliphatic heterocycles. The van der Waals surface area contributed by atoms with Crippen LogP contribution in [-0.2, 0) is 0 Å². The first-order valence-electron chi connectivity index (χ1n) is 6.54. The topological polar surface area (TPSA) is 94.6 Å². The molecular formula is C15H14N2O5. The molecule has 0 aliphatic rings. The molecule has 1 N–H and O–H groups in total. The number of allylic oxidation sites excluding steroid dienone is 1. The maximum Gasteiger partial charge on any atom is 0.296 e. The van der Waals surface area contributed by atoms with Crippen molar-refractivity contribution in [2.24, 2.45) is 0 Å². The maximum atomic E-state index is 11.7. The van der Waals surface area contributed by atoms with Crippen molar-refractivity contribution < 1.29 is 18.9 Å². The summed E-state index contributed by atoms with van der Waals surface area (Å²) in [7, 11) is 0. The number of anilines is 1. The van der Waals surface area contributed by atoms with Gasteiger partial charge in [-0.1, -0.05) is 0 Å². The van der Waals surface area contributed by atoms with Crippen molar-refractivity contribution in [1.82, 2.24) is 0 Å². The number of furan rings is 1. The van der Waals surface area contributed by atoms with E-state index in [0.29, 0.717) is 12.4 Å². The average Bonchev–Trinajstić information content (AvgIpc) is 3.03. The Labute approximate surface area is 126 Å². The van der Waals surface area contributed by atoms with Crippen LogP contribution in [0.4, 0.5) is 11.4 Å². The molecule has 2 rings (SSSR count). The number of benzene rings is 1. The molecule has 0 saturated heterocycles. The van der Waals surface area contributed by atoms with E-state index in [9.17, 15) is 14.9 Å². The third kappa shape index (κ3) is 3.72. The Hall–Kier alpha value is -3.09. The molecular weight excluding hydrogens is 288 g/mol. The molecule has 0 spiro atoms. The van der Waals surface area contributed by atoms with Gasteiger partial charge in [-0.3, -0.25) is 14.9 Å². The van der Waals surface area contributed by atoms with E-state index in [-0.39, 0.29) is 22.9 Å². The lowest BCUT2D eigenvalue weighted by Gasteiger charge is -2.06. The molecule has 0 unspecified atom stereocenters. The van der Waals surface area contributed by atoms with Crippen LogP contribution in [0.3, 0.4) is 0 Å². The molecule has 1 aromatic carbocycles. The summed E-state index contributed by atoms with van der Waals surface area (Å²) in [5, 5.41) is 13.8. The number of nitrogens with one attached hydrogen (secondary N) is 1. The van der Waals surface area contributed by atoms with Gasteiger partial charge in [-0.15, -0.1) is 0 Å². The highest BCUT2D eigenvalue weighted by Gasteiger charge is 2.14. The van der Waals surface area contributed by atoms with Crippen molar-refractivity contribution >= 4 is 17.2 Å². The van der Waals surface area contributed by atoms with Crippen LogP contribution in [0.15, 0.2) is 53.3 Å². The Kier molecular flexibility index (Phi) is 4.92. The zero-order valence-corrected chi connectivity index (χ0v) is 11.8. The molecule has 1 heterocycles. The van der Waals surface area contributed by atoms with E-state index in [1.807, 2.05) is 0 Å². The number of carbonyl (C=O) groups excluding carboxylic acids is 1. The van der Waals surface area contributed by atoms with Gasteiger partial charge in [0, 0.05) is 12.3 Å². The minimum Gasteiger partial charge on any atom is -0.494 e. The number of ketones is 1. The van der Waals surface area contributed by atoms with E-state index in [1.165, 1.54) is 36.7 Å². The summed E-state index contributed by atoms with van der Waals surface area (Å²) in [6.45, 7) is 2.21. The van der Waals surface area contributed by atoms with Gasteiger partial charge in [-0.2, -0.15) is 0 Å². The number of hydrogen-bond donors (Lipinski definition) is 1. The summed E-state index contributed by atoms with van der Waals surface area (Å²) in [6.07, 6.45) is 3.96. The number of ether oxygens (including phenoxy) is 1. The molecule has 7 nitrogen and oxygen atoms in total. The molecule has 0 fully saturated rings. The number of rotatable bonds is 7. The average molecular weight is 302 g/mol. The third-order valence-electron chi connectivity index (χ3n) is 2.71. The van der Waals surface area contributed by atoms with E-state index in [0.717, 1.165) is 0 Å². The standard InChI is InChI=1S/C15H14N2O5/c1-2-21-11-5-6-12(13(10-11)17(19)20)16-8-7-14(18)15-4-3-9-22-15/h3-10,16H,2H2,1H3/b8-7+. The highest BCUT2D eigenvalue weighted by molar-refractivity contribution is 6.02. The van der Waals surface area contributed by atoms with Gasteiger partial charge in [-0.05, 0) is 31.2 Å². The molecule has 0 bridgehead atoms. The molecule has 1 aromatic heterocycles. The van der Waals surface area contributed by atoms with Crippen LogP contribution in [0.1, 0.15) is 17.5 Å². The minimum absolute atomic E-state index is 0.138. The lowest BCUT2D eigenvalue weighted by atomic mass is 10.2. The maximum absolute atomic E-state index is 11.7. The van der Waals surface area contributed by atoms with Crippen LogP contribution < -0.4 is 10.1 Å². The van der Waals surface area contributed by atoms with Crippen LogP contribution in [0.2, 0.25) is 0 Å². The second-order valence-corrected chi connectivity index (χ2v) is 4.19. The number of hydrogen-bond acceptors (Lipinski definition) is 6. The van der Waals surface area contributed by atoms with Gasteiger partial charge in [-0.25, -0.2) is 0 Å². The van der Waals surface area contributed by atoms with Gasteiger partial charge in [0.25, 0.3) is 5.69 Å². The lowest BCUT2D eigenvalue weighted by Crippen LogP contribution is -1.99. The number of nitrogens with zero attached hydrogens (tertiary/aromatic N) is 1. The van der Waals surface area contributed by atoms with Crippen molar-refractivity contribution in [2.75, 3.05) is 11.9 Å². The van der Waals surface area contributed by atoms with Crippen LogP contribution in [-0.4, -0.2) is 17.3 Å². The fraction of sp³-hybridized carbons (Fsp3) is 0.133. The fourth-order valence-corrected chi connectivity index (χ4v) is 1.75. The van der Waals surface area contributed by atoms with E-state index in [4.69, 9.17) is 9.15 Å². The van der Waals surface area contributed by atoms with Gasteiger partial charge in [0.15, 0.2) is 5.76 Å². The predicted octanol–water partition coefficient (Wildman–Crippen LogP) is 3.40. The molecule has 2 aromatic rings. The molecule has 0 saturated carbocycles. The fourth-order valence-electron chi connectivity index (χ4n) is 1.75. The first-order valence-corrected chi connectivity index (χ1v) is 6.54. The van der Waals surface area contributed by atoms with Crippen molar-refractivity contribution in [3.05, 3.63) is 64.7 Å². The molecule has 0 radical (unpaired) electrons. The quantitative estimate of drug-likeness (QED) is 0.364. The Balaban J connectivity index is 2.12. The van der Waals surface area contributed by atoms with E-state index >= 15 is 0 Å². The highest BCUT2D eigenvalue weighted by Crippen LogP contribution is 2.29. The molecule has 22 heavy (non-hydrogen) atoms. The Morgan fingerprint density at radius 2 is 2.27 bits per heavy atom. The summed E-state index contributed by atoms with van der Waals surface area (Å²) < 4.78 is 10.2. The van der Waals surface area contributed by atoms with Gasteiger partial charge < -0.3 is 14.5 Å². The minimum atomic E-state index is -0.521. The summed E-state index contributed by atoms with van der Waals surface area (Å²) >= 11 is 0. The van der Waals surface area contributed by atoms with Gasteiger partial charge in [0.05, 0.1) is 23.9 Å². The molecule has 0 aliphatic carbocycles. The molecule has 7 heteroatoms. The normalized spacial score (nSPS) is 10.6. The van der Waals surface area contributed by atoms with E-state index in [1.54, 1.807) is 19.1 Å². The monoisotopic (exact) mass is 302 g/mol. The summed E-state index contributed by atoms with van der Waals surface area (Å²) in [6, 6.07) is 7.59. The van der Waals surface area contributed by atoms with E-state index in [2.05, 4.69) is 5.32 Å². The van der Waals surface area contributed by atoms with E-state index < -0.39 is 4.92 Å². The van der Waals surface area contributed by atoms with Crippen LogP contribution in [0, 0.1) is 10.1 Å². The summed E-state index contributed by atoms with van der Waals surface area (Å²) in [5.74, 6) is 0.265. The van der Waals surface area contributed by atoms with Crippen LogP contribution in [0.5, 0.6) is 5.75 Å². The zero-order valence-electron chi connectivity index (χ0n) is 11.8. The van der Waals surface area contributed by atoms with Gasteiger partial charge in [0.2, 0.25) is 5.78 Å². The molecule has 114 valence electrons. The molecule has 0 amide bonds. The van der Waals surface area contributed by atoms with Crippen molar-refractivity contribution in [1.29, 1.82) is 0 Å². The smallest absolute Gasteiger partial charge is 0.296 e. The Morgan fingerprint density at radius 3 is 2.91 bits per heavy atom. The number of carbonyl (C=O) groups is 1. The van der Waals surface area contributed by atoms with Crippen LogP contribution >= 0.6 is 0 Å². The highest BCUT2D eigenvalue weighted by atomic mass is 16.6. The second kappa shape index (κ2) is 7.07. The van der Waals surface area contributed by atoms with Gasteiger partial charge >= 0.3 is 0 Å². The summed E-state index contributed by atoms with van der Waals surface area (Å²) in [4.78, 5) is 22.2. The van der Waals surface area contributed by atoms with Crippen molar-refractivity contribution in [3.63, 3.8) is 0 Å². The van der Waals surface area contributed by atoms with Gasteiger partial charge in [0.1, 0.15) is 11.4 Å². The Bertz CT molecular complexity index is 692. The van der Waals surface area contributed by atoms with Crippen molar-refractivity contribution in [3.8, 4) is 5.75 Å². The predicted molar refractivity (Wildman–Crippen MR) is 80.1 cm³/mol.